The number of benzene rings is 2. The van der Waals surface area contributed by atoms with Crippen molar-refractivity contribution in [3.63, 3.8) is 0 Å². The van der Waals surface area contributed by atoms with Crippen molar-refractivity contribution in [2.75, 3.05) is 53.8 Å². The average Bonchev–Trinajstić information content (AvgIpc) is 2.43. The summed E-state index contributed by atoms with van der Waals surface area (Å²) in [7, 11) is 13.0. The molecule has 2 rings (SSSR count). The highest BCUT2D eigenvalue weighted by Crippen LogP contribution is 2.11. The molecule has 0 aliphatic carbocycles. The van der Waals surface area contributed by atoms with Crippen LogP contribution in [-0.2, 0) is 13.1 Å². The summed E-state index contributed by atoms with van der Waals surface area (Å²) >= 11 is 0. The highest BCUT2D eigenvalue weighted by molar-refractivity contribution is 5.40. The lowest BCUT2D eigenvalue weighted by molar-refractivity contribution is -0.884. The maximum absolute atomic E-state index is 8.25. The Bertz CT molecular complexity index is 682. The molecule has 0 fully saturated rings. The fourth-order valence-corrected chi connectivity index (χ4v) is 2.48. The fraction of sp³-hybridized carbons (Fsp3) is 0.400. The summed E-state index contributed by atoms with van der Waals surface area (Å²) in [6.45, 7) is 2.04. The van der Waals surface area contributed by atoms with Gasteiger partial charge in [0.1, 0.15) is 13.1 Å². The second kappa shape index (κ2) is 12.8. The molecule has 8 nitrogen and oxygen atoms in total. The van der Waals surface area contributed by atoms with Crippen molar-refractivity contribution in [1.82, 2.24) is 0 Å². The van der Waals surface area contributed by atoms with E-state index in [-0.39, 0.29) is 12.4 Å². The number of nitrogens with zero attached hydrogens (tertiary/aromatic N) is 3. The van der Waals surface area contributed by atoms with E-state index >= 15 is 0 Å². The van der Waals surface area contributed by atoms with Crippen LogP contribution in [0.25, 0.3) is 0 Å². The Kier molecular flexibility index (Phi) is 12.7. The van der Waals surface area contributed by atoms with Gasteiger partial charge in [0.2, 0.25) is 0 Å². The minimum atomic E-state index is -1.75. The van der Waals surface area contributed by atoms with Crippen LogP contribution in [0.15, 0.2) is 48.5 Å². The number of anilines is 2. The third-order valence-electron chi connectivity index (χ3n) is 3.22. The largest absolute Gasteiger partial charge is 1.00 e. The highest BCUT2D eigenvalue weighted by atomic mass is 35.5. The van der Waals surface area contributed by atoms with Gasteiger partial charge in [-0.05, 0) is 24.3 Å². The van der Waals surface area contributed by atoms with Crippen LogP contribution >= 0.6 is 0 Å². The fourth-order valence-electron chi connectivity index (χ4n) is 2.48. The first-order chi connectivity index (χ1) is 12.7. The molecule has 2 aromatic carbocycles. The van der Waals surface area contributed by atoms with Gasteiger partial charge in [0.25, 0.3) is 0 Å². The Morgan fingerprint density at radius 1 is 0.759 bits per heavy atom. The van der Waals surface area contributed by atoms with Crippen molar-refractivity contribution in [1.29, 1.82) is 0 Å². The molecule has 164 valence electrons. The quantitative estimate of drug-likeness (QED) is 0.301. The maximum Gasteiger partial charge on any atom is 0.104 e. The predicted octanol–water partition coefficient (Wildman–Crippen LogP) is -0.285. The van der Waals surface area contributed by atoms with Crippen LogP contribution in [0.5, 0.6) is 0 Å². The standard InChI is InChI=1S/2C10H17N2.ClH.NO3/c2*1-12(2,3)8-9-5-4-6-10(11)7-9;;2-1(3)4/h2*4-7H,8,11H2,1-3H3;1H;/q2*+1;;-1/p-1. The highest BCUT2D eigenvalue weighted by Gasteiger charge is 2.08. The molecule has 2 aromatic rings. The van der Waals surface area contributed by atoms with Gasteiger partial charge in [-0.3, -0.25) is 0 Å². The molecule has 0 aromatic heterocycles. The van der Waals surface area contributed by atoms with Crippen molar-refractivity contribution >= 4 is 11.4 Å². The van der Waals surface area contributed by atoms with Crippen molar-refractivity contribution in [3.8, 4) is 0 Å². The Balaban J connectivity index is 0. The first-order valence-corrected chi connectivity index (χ1v) is 8.79. The normalized spacial score (nSPS) is 10.4. The van der Waals surface area contributed by atoms with Crippen LogP contribution in [0.3, 0.4) is 0 Å². The number of quaternary nitrogens is 2. The zero-order valence-electron chi connectivity index (χ0n) is 18.1. The van der Waals surface area contributed by atoms with E-state index in [1.165, 1.54) is 11.1 Å². The maximum atomic E-state index is 8.25. The molecule has 0 amide bonds. The molecule has 0 aliphatic rings. The molecule has 0 spiro atoms. The minimum Gasteiger partial charge on any atom is -1.00 e. The van der Waals surface area contributed by atoms with Gasteiger partial charge in [-0.25, -0.2) is 0 Å². The smallest absolute Gasteiger partial charge is 0.104 e. The third kappa shape index (κ3) is 18.6. The molecule has 0 unspecified atom stereocenters. The van der Waals surface area contributed by atoms with Crippen LogP contribution in [0, 0.1) is 15.3 Å². The van der Waals surface area contributed by atoms with E-state index in [4.69, 9.17) is 26.8 Å². The number of hydrogen-bond donors (Lipinski definition) is 2. The lowest BCUT2D eigenvalue weighted by Gasteiger charge is -2.23. The van der Waals surface area contributed by atoms with Crippen LogP contribution < -0.4 is 23.9 Å². The van der Waals surface area contributed by atoms with Crippen LogP contribution in [0.1, 0.15) is 11.1 Å². The first-order valence-electron chi connectivity index (χ1n) is 8.79. The lowest BCUT2D eigenvalue weighted by atomic mass is 10.2. The van der Waals surface area contributed by atoms with Gasteiger partial charge in [0, 0.05) is 22.5 Å². The lowest BCUT2D eigenvalue weighted by Crippen LogP contribution is -3.00. The number of nitrogens with two attached hydrogens (primary N) is 2. The Morgan fingerprint density at radius 3 is 1.24 bits per heavy atom. The summed E-state index contributed by atoms with van der Waals surface area (Å²) < 4.78 is 1.87. The molecule has 0 radical (unpaired) electrons. The number of nitrogen functional groups attached to an aromatic ring is 2. The summed E-state index contributed by atoms with van der Waals surface area (Å²) in [4.78, 5) is 8.25. The van der Waals surface area contributed by atoms with Crippen molar-refractivity contribution in [3.05, 3.63) is 75.0 Å². The molecule has 9 heteroatoms. The van der Waals surface area contributed by atoms with E-state index in [1.54, 1.807) is 0 Å². The Labute approximate surface area is 180 Å². The van der Waals surface area contributed by atoms with Crippen molar-refractivity contribution < 1.29 is 26.5 Å². The van der Waals surface area contributed by atoms with Crippen molar-refractivity contribution in [2.24, 2.45) is 0 Å². The van der Waals surface area contributed by atoms with Crippen molar-refractivity contribution in [2.45, 2.75) is 13.1 Å². The van der Waals surface area contributed by atoms with Crippen LogP contribution in [0.4, 0.5) is 11.4 Å². The van der Waals surface area contributed by atoms with Gasteiger partial charge in [0.15, 0.2) is 0 Å². The topological polar surface area (TPSA) is 118 Å². The number of hydrogen-bond acceptors (Lipinski definition) is 5. The van der Waals surface area contributed by atoms with E-state index in [2.05, 4.69) is 54.4 Å². The summed E-state index contributed by atoms with van der Waals surface area (Å²) in [6.07, 6.45) is 0. The first kappa shape index (κ1) is 28.7. The number of halogens is 1. The molecule has 4 N–H and O–H groups in total. The second-order valence-corrected chi connectivity index (χ2v) is 8.61. The monoisotopic (exact) mass is 427 g/mol. The zero-order valence-corrected chi connectivity index (χ0v) is 18.9. The molecule has 29 heavy (non-hydrogen) atoms. The van der Waals surface area contributed by atoms with Gasteiger partial charge in [-0.1, -0.05) is 24.3 Å². The van der Waals surface area contributed by atoms with E-state index < -0.39 is 5.09 Å². The number of rotatable bonds is 4. The predicted molar refractivity (Wildman–Crippen MR) is 116 cm³/mol. The van der Waals surface area contributed by atoms with Gasteiger partial charge >= 0.3 is 0 Å². The van der Waals surface area contributed by atoms with Gasteiger partial charge < -0.3 is 48.2 Å². The van der Waals surface area contributed by atoms with Gasteiger partial charge in [0.05, 0.1) is 47.4 Å². The summed E-state index contributed by atoms with van der Waals surface area (Å²) in [5.41, 5.74) is 15.6. The molecule has 0 saturated heterocycles. The van der Waals surface area contributed by atoms with Crippen LogP contribution in [-0.4, -0.2) is 56.3 Å². The summed E-state index contributed by atoms with van der Waals surface area (Å²) in [6, 6.07) is 16.1. The molecule has 0 aliphatic heterocycles. The van der Waals surface area contributed by atoms with E-state index in [0.29, 0.717) is 0 Å². The molecule has 0 heterocycles. The van der Waals surface area contributed by atoms with E-state index in [9.17, 15) is 0 Å². The average molecular weight is 428 g/mol. The molecular weight excluding hydrogens is 394 g/mol. The molecule has 0 atom stereocenters. The van der Waals surface area contributed by atoms with Gasteiger partial charge in [-0.2, -0.15) is 0 Å². The van der Waals surface area contributed by atoms with Gasteiger partial charge in [-0.15, -0.1) is 0 Å². The Morgan fingerprint density at radius 2 is 1.03 bits per heavy atom. The SMILES string of the molecule is C[N+](C)(C)Cc1cccc(N)c1.C[N+](C)(C)Cc1cccc(N)c1.O=[N+]([O-])[O-].[Cl-]. The van der Waals surface area contributed by atoms with E-state index in [0.717, 1.165) is 33.4 Å². The third-order valence-corrected chi connectivity index (χ3v) is 3.22. The zero-order chi connectivity index (χ0) is 22.0. The Hall–Kier alpha value is -2.55. The summed E-state index contributed by atoms with van der Waals surface area (Å²) in [5, 5.41) is 14.8. The molecular formula is C20H34ClN5O3. The van der Waals surface area contributed by atoms with Crippen LogP contribution in [0.2, 0.25) is 0 Å². The van der Waals surface area contributed by atoms with E-state index in [1.807, 2.05) is 36.4 Å². The molecule has 0 saturated carbocycles. The molecule has 0 bridgehead atoms. The summed E-state index contributed by atoms with van der Waals surface area (Å²) in [5.74, 6) is 0. The minimum absolute atomic E-state index is 0. The second-order valence-electron chi connectivity index (χ2n) is 8.61.